The zero-order valence-electron chi connectivity index (χ0n) is 14.8. The van der Waals surface area contributed by atoms with Gasteiger partial charge in [-0.05, 0) is 31.7 Å². The van der Waals surface area contributed by atoms with Crippen LogP contribution in [0.1, 0.15) is 11.4 Å². The van der Waals surface area contributed by atoms with Crippen molar-refractivity contribution in [3.8, 4) is 0 Å². The summed E-state index contributed by atoms with van der Waals surface area (Å²) in [6.07, 6.45) is 0.706. The van der Waals surface area contributed by atoms with Gasteiger partial charge in [-0.1, -0.05) is 17.7 Å². The normalized spacial score (nSPS) is 16.7. The summed E-state index contributed by atoms with van der Waals surface area (Å²) in [6, 6.07) is 4.81. The molecule has 7 nitrogen and oxygen atoms in total. The number of piperazine rings is 1. The minimum absolute atomic E-state index is 0.152. The number of likely N-dealkylation sites (N-methyl/N-ethyl adjacent to an activating group) is 1. The van der Waals surface area contributed by atoms with Crippen molar-refractivity contribution < 1.29 is 8.42 Å². The van der Waals surface area contributed by atoms with Crippen molar-refractivity contribution in [1.82, 2.24) is 19.2 Å². The van der Waals surface area contributed by atoms with Gasteiger partial charge >= 0.3 is 0 Å². The van der Waals surface area contributed by atoms with Crippen molar-refractivity contribution in [2.75, 3.05) is 44.5 Å². The summed E-state index contributed by atoms with van der Waals surface area (Å²) in [7, 11) is -1.61. The van der Waals surface area contributed by atoms with E-state index in [9.17, 15) is 8.42 Å². The van der Waals surface area contributed by atoms with Crippen LogP contribution in [-0.4, -0.2) is 67.3 Å². The van der Waals surface area contributed by atoms with Crippen molar-refractivity contribution >= 4 is 38.3 Å². The topological polar surface area (TPSA) is 78.4 Å². The van der Waals surface area contributed by atoms with Gasteiger partial charge in [-0.25, -0.2) is 13.4 Å². The molecule has 0 radical (unpaired) electrons. The van der Waals surface area contributed by atoms with Gasteiger partial charge < -0.3 is 9.80 Å². The lowest BCUT2D eigenvalue weighted by Gasteiger charge is -2.31. The molecule has 0 unspecified atom stereocenters. The molecule has 1 N–H and O–H groups in total. The number of aromatic nitrogens is 2. The van der Waals surface area contributed by atoms with Gasteiger partial charge in [0.15, 0.2) is 0 Å². The maximum Gasteiger partial charge on any atom is 0.264 e. The molecule has 0 atom stereocenters. The maximum atomic E-state index is 12.6. The van der Waals surface area contributed by atoms with Gasteiger partial charge in [0.05, 0.1) is 4.90 Å². The molecule has 0 aliphatic carbocycles. The molecule has 0 bridgehead atoms. The molecule has 0 amide bonds. The summed E-state index contributed by atoms with van der Waals surface area (Å²) in [4.78, 5) is 9.15. The molecule has 1 aliphatic rings. The lowest BCUT2D eigenvalue weighted by Crippen LogP contribution is -2.45. The Balaban J connectivity index is 1.62. The van der Waals surface area contributed by atoms with Crippen LogP contribution >= 0.6 is 23.1 Å². The second kappa shape index (κ2) is 8.18. The summed E-state index contributed by atoms with van der Waals surface area (Å²) in [5.74, 6) is 0.662. The second-order valence-corrected chi connectivity index (χ2v) is 9.19. The van der Waals surface area contributed by atoms with Crippen molar-refractivity contribution in [2.45, 2.75) is 18.2 Å². The first-order chi connectivity index (χ1) is 12.3. The fourth-order valence-corrected chi connectivity index (χ4v) is 5.11. The third kappa shape index (κ3) is 4.72. The maximum absolute atomic E-state index is 12.6. The molecule has 10 heteroatoms. The van der Waals surface area contributed by atoms with Gasteiger partial charge in [0, 0.05) is 55.7 Å². The van der Waals surface area contributed by atoms with Crippen LogP contribution < -0.4 is 4.72 Å². The second-order valence-electron chi connectivity index (χ2n) is 6.38. The van der Waals surface area contributed by atoms with Gasteiger partial charge in [-0.3, -0.25) is 4.72 Å². The fraction of sp³-hybridized carbons (Fsp3) is 0.500. The Morgan fingerprint density at radius 3 is 2.73 bits per heavy atom. The molecule has 0 spiro atoms. The third-order valence-corrected chi connectivity index (χ3v) is 7.14. The Labute approximate surface area is 163 Å². The summed E-state index contributed by atoms with van der Waals surface area (Å²) in [5, 5.41) is 0.691. The number of nitrogens with zero attached hydrogens (tertiary/aromatic N) is 4. The van der Waals surface area contributed by atoms with E-state index in [4.69, 9.17) is 11.6 Å². The largest absolute Gasteiger partial charge is 0.304 e. The zero-order chi connectivity index (χ0) is 18.7. The van der Waals surface area contributed by atoms with Crippen LogP contribution in [-0.2, 0) is 16.4 Å². The highest BCUT2D eigenvalue weighted by atomic mass is 35.5. The van der Waals surface area contributed by atoms with Gasteiger partial charge in [0.1, 0.15) is 5.82 Å². The van der Waals surface area contributed by atoms with Crippen molar-refractivity contribution in [3.05, 3.63) is 34.6 Å². The lowest BCUT2D eigenvalue weighted by atomic mass is 10.2. The number of benzene rings is 1. The molecule has 3 rings (SSSR count). The molecule has 1 aromatic heterocycles. The Morgan fingerprint density at radius 1 is 1.27 bits per heavy atom. The van der Waals surface area contributed by atoms with Crippen molar-refractivity contribution in [1.29, 1.82) is 0 Å². The number of hydrogen-bond acceptors (Lipinski definition) is 7. The van der Waals surface area contributed by atoms with Crippen molar-refractivity contribution in [2.24, 2.45) is 0 Å². The number of sulfonamides is 1. The van der Waals surface area contributed by atoms with E-state index >= 15 is 0 Å². The Hall–Kier alpha value is -1.26. The smallest absolute Gasteiger partial charge is 0.264 e. The average Bonchev–Trinajstić information content (AvgIpc) is 3.03. The predicted molar refractivity (Wildman–Crippen MR) is 105 cm³/mol. The molecule has 1 fully saturated rings. The van der Waals surface area contributed by atoms with E-state index < -0.39 is 10.0 Å². The van der Waals surface area contributed by atoms with E-state index in [2.05, 4.69) is 30.9 Å². The minimum atomic E-state index is -3.74. The average molecular weight is 416 g/mol. The quantitative estimate of drug-likeness (QED) is 0.778. The standard InChI is InChI=1S/C16H22ClN5O2S2/c1-12-13(17)4-3-5-14(12)26(23,24)20-16-18-15(19-25-16)6-7-22-10-8-21(2)9-11-22/h3-5H,6-11H2,1-2H3,(H,18,19,20). The van der Waals surface area contributed by atoms with E-state index in [1.807, 2.05) is 0 Å². The van der Waals surface area contributed by atoms with E-state index in [-0.39, 0.29) is 10.0 Å². The van der Waals surface area contributed by atoms with Crippen molar-refractivity contribution in [3.63, 3.8) is 0 Å². The number of anilines is 1. The Bertz CT molecular complexity index is 863. The van der Waals surface area contributed by atoms with E-state index in [0.29, 0.717) is 22.8 Å². The number of nitrogens with one attached hydrogen (secondary N) is 1. The number of rotatable bonds is 6. The molecular weight excluding hydrogens is 394 g/mol. The molecule has 2 heterocycles. The SMILES string of the molecule is Cc1c(Cl)cccc1S(=O)(=O)Nc1nc(CCN2CCN(C)CC2)ns1. The van der Waals surface area contributed by atoms with Gasteiger partial charge in [0.25, 0.3) is 10.0 Å². The van der Waals surface area contributed by atoms with Crippen LogP contribution in [0.25, 0.3) is 0 Å². The van der Waals surface area contributed by atoms with Crippen LogP contribution in [0.15, 0.2) is 23.1 Å². The van der Waals surface area contributed by atoms with Crippen LogP contribution in [0.2, 0.25) is 5.02 Å². The molecule has 0 saturated carbocycles. The van der Waals surface area contributed by atoms with Crippen LogP contribution in [0.3, 0.4) is 0 Å². The summed E-state index contributed by atoms with van der Waals surface area (Å²) < 4.78 is 31.9. The monoisotopic (exact) mass is 415 g/mol. The van der Waals surface area contributed by atoms with Gasteiger partial charge in [-0.2, -0.15) is 4.37 Å². The number of halogens is 1. The first-order valence-corrected chi connectivity index (χ1v) is 11.0. The lowest BCUT2D eigenvalue weighted by molar-refractivity contribution is 0.155. The van der Waals surface area contributed by atoms with Crippen LogP contribution in [0.5, 0.6) is 0 Å². The Morgan fingerprint density at radius 2 is 2.00 bits per heavy atom. The predicted octanol–water partition coefficient (Wildman–Crippen LogP) is 2.09. The van der Waals surface area contributed by atoms with E-state index in [1.54, 1.807) is 19.1 Å². The fourth-order valence-electron chi connectivity index (χ4n) is 2.78. The van der Waals surface area contributed by atoms with Crippen LogP contribution in [0.4, 0.5) is 5.13 Å². The summed E-state index contributed by atoms with van der Waals surface area (Å²) in [6.45, 7) is 6.76. The van der Waals surface area contributed by atoms with Crippen LogP contribution in [0, 0.1) is 6.92 Å². The van der Waals surface area contributed by atoms with E-state index in [0.717, 1.165) is 44.3 Å². The molecule has 1 aromatic carbocycles. The Kier molecular flexibility index (Phi) is 6.13. The first kappa shape index (κ1) is 19.5. The molecule has 1 saturated heterocycles. The molecule has 1 aliphatic heterocycles. The third-order valence-electron chi connectivity index (χ3n) is 4.44. The molecule has 26 heavy (non-hydrogen) atoms. The minimum Gasteiger partial charge on any atom is -0.304 e. The highest BCUT2D eigenvalue weighted by Gasteiger charge is 2.20. The molecule has 2 aromatic rings. The summed E-state index contributed by atoms with van der Waals surface area (Å²) in [5.41, 5.74) is 0.515. The zero-order valence-corrected chi connectivity index (χ0v) is 17.2. The highest BCUT2D eigenvalue weighted by molar-refractivity contribution is 7.93. The van der Waals surface area contributed by atoms with Gasteiger partial charge in [0.2, 0.25) is 5.13 Å². The number of hydrogen-bond donors (Lipinski definition) is 1. The highest BCUT2D eigenvalue weighted by Crippen LogP contribution is 2.25. The summed E-state index contributed by atoms with van der Waals surface area (Å²) >= 11 is 7.08. The molecular formula is C16H22ClN5O2S2. The molecule has 142 valence electrons. The van der Waals surface area contributed by atoms with Gasteiger partial charge in [-0.15, -0.1) is 0 Å². The van der Waals surface area contributed by atoms with E-state index in [1.165, 1.54) is 6.07 Å². The first-order valence-electron chi connectivity index (χ1n) is 8.36.